The van der Waals surface area contributed by atoms with Crippen LogP contribution in [0.2, 0.25) is 0 Å². The van der Waals surface area contributed by atoms with E-state index in [0.29, 0.717) is 40.2 Å². The highest BCUT2D eigenvalue weighted by molar-refractivity contribution is 7.15. The number of rotatable bonds is 9. The molecule has 1 aliphatic carbocycles. The van der Waals surface area contributed by atoms with Gasteiger partial charge in [-0.25, -0.2) is 9.78 Å². The number of hydrogen-bond acceptors (Lipinski definition) is 8. The molecule has 0 atom stereocenters. The molecule has 2 N–H and O–H groups in total. The number of hydrogen-bond donors (Lipinski definition) is 2. The molecule has 0 saturated heterocycles. The number of halogens is 3. The number of nitrogens with one attached hydrogen (secondary N) is 2. The van der Waals surface area contributed by atoms with Crippen LogP contribution in [-0.2, 0) is 19.3 Å². The summed E-state index contributed by atoms with van der Waals surface area (Å²) in [5.41, 5.74) is 1.24. The number of thiazole rings is 1. The Morgan fingerprint density at radius 3 is 2.61 bits per heavy atom. The number of nitrogens with zero attached hydrogens (tertiary/aromatic N) is 2. The molecule has 0 bridgehead atoms. The van der Waals surface area contributed by atoms with Gasteiger partial charge in [-0.2, -0.15) is 13.2 Å². The summed E-state index contributed by atoms with van der Waals surface area (Å²) in [5.74, 6) is 0.517. The Labute approximate surface area is 207 Å². The van der Waals surface area contributed by atoms with E-state index in [2.05, 4.69) is 20.0 Å². The van der Waals surface area contributed by atoms with Crippen molar-refractivity contribution in [1.29, 1.82) is 0 Å². The number of alkyl halides is 3. The van der Waals surface area contributed by atoms with Gasteiger partial charge in [0.05, 0.1) is 28.8 Å². The van der Waals surface area contributed by atoms with Gasteiger partial charge in [-0.1, -0.05) is 17.3 Å². The number of aromatic nitrogens is 3. The zero-order valence-electron chi connectivity index (χ0n) is 19.0. The molecule has 0 spiro atoms. The highest BCUT2D eigenvalue weighted by Gasteiger charge is 2.30. The van der Waals surface area contributed by atoms with Crippen molar-refractivity contribution in [3.63, 3.8) is 0 Å². The van der Waals surface area contributed by atoms with Gasteiger partial charge in [0.1, 0.15) is 23.1 Å². The minimum atomic E-state index is -4.39. The molecular formula is C24H21F3N4O4S. The fraction of sp³-hybridized carbons (Fsp3) is 0.292. The van der Waals surface area contributed by atoms with Crippen molar-refractivity contribution in [2.45, 2.75) is 38.2 Å². The second-order valence-electron chi connectivity index (χ2n) is 8.21. The highest BCUT2D eigenvalue weighted by Crippen LogP contribution is 2.35. The van der Waals surface area contributed by atoms with E-state index < -0.39 is 17.5 Å². The van der Waals surface area contributed by atoms with Gasteiger partial charge in [-0.3, -0.25) is 9.51 Å². The van der Waals surface area contributed by atoms with Crippen molar-refractivity contribution in [2.75, 3.05) is 7.11 Å². The third kappa shape index (κ3) is 5.44. The molecule has 5 rings (SSSR count). The van der Waals surface area contributed by atoms with Crippen molar-refractivity contribution in [3.8, 4) is 33.5 Å². The second kappa shape index (κ2) is 9.78. The molecule has 2 aromatic heterocycles. The summed E-state index contributed by atoms with van der Waals surface area (Å²) < 4.78 is 54.8. The van der Waals surface area contributed by atoms with Gasteiger partial charge >= 0.3 is 11.9 Å². The molecule has 0 radical (unpaired) electrons. The Balaban J connectivity index is 1.36. The first kappa shape index (κ1) is 24.1. The third-order valence-electron chi connectivity index (χ3n) is 5.61. The Morgan fingerprint density at radius 1 is 1.19 bits per heavy atom. The fourth-order valence-electron chi connectivity index (χ4n) is 3.54. The Morgan fingerprint density at radius 2 is 1.97 bits per heavy atom. The molecule has 0 unspecified atom stereocenters. The molecule has 2 aromatic carbocycles. The number of ether oxygens (including phenoxy) is 2. The van der Waals surface area contributed by atoms with Gasteiger partial charge in [0, 0.05) is 24.2 Å². The minimum absolute atomic E-state index is 0.212. The smallest absolute Gasteiger partial charge is 0.439 e. The normalized spacial score (nSPS) is 13.7. The van der Waals surface area contributed by atoms with Crippen LogP contribution in [0.4, 0.5) is 13.2 Å². The maximum absolute atomic E-state index is 12.9. The first-order valence-corrected chi connectivity index (χ1v) is 11.9. The van der Waals surface area contributed by atoms with E-state index in [0.717, 1.165) is 35.5 Å². The van der Waals surface area contributed by atoms with Gasteiger partial charge in [0.25, 0.3) is 0 Å². The van der Waals surface area contributed by atoms with Gasteiger partial charge in [-0.15, -0.1) is 11.3 Å². The van der Waals surface area contributed by atoms with E-state index in [1.807, 2.05) is 0 Å². The summed E-state index contributed by atoms with van der Waals surface area (Å²) in [7, 11) is 1.49. The summed E-state index contributed by atoms with van der Waals surface area (Å²) >= 11 is 1.38. The van der Waals surface area contributed by atoms with Crippen LogP contribution in [-0.4, -0.2) is 28.3 Å². The van der Waals surface area contributed by atoms with Crippen molar-refractivity contribution < 1.29 is 27.2 Å². The van der Waals surface area contributed by atoms with Crippen LogP contribution in [0, 0.1) is 0 Å². The Bertz CT molecular complexity index is 1410. The number of H-pyrrole nitrogens is 1. The van der Waals surface area contributed by atoms with Gasteiger partial charge in [0.2, 0.25) is 0 Å². The number of benzene rings is 2. The molecule has 12 heteroatoms. The molecule has 1 saturated carbocycles. The SMILES string of the molecule is COc1cc(OCc2sc(-c3ccc(C(F)(F)F)cc3)nc2CNC2CC2)ccc1-c1noc(=O)[nH]1. The molecule has 1 fully saturated rings. The molecule has 4 aromatic rings. The number of aromatic amines is 1. The van der Waals surface area contributed by atoms with E-state index in [1.54, 1.807) is 18.2 Å². The van der Waals surface area contributed by atoms with Crippen molar-refractivity contribution in [2.24, 2.45) is 0 Å². The Hall–Kier alpha value is -3.64. The van der Waals surface area contributed by atoms with E-state index in [1.165, 1.54) is 30.6 Å². The van der Waals surface area contributed by atoms with Crippen LogP contribution in [0.15, 0.2) is 51.8 Å². The lowest BCUT2D eigenvalue weighted by Crippen LogP contribution is -2.16. The zero-order chi connectivity index (χ0) is 25.3. The van der Waals surface area contributed by atoms with Crippen LogP contribution in [0.3, 0.4) is 0 Å². The summed E-state index contributed by atoms with van der Waals surface area (Å²) in [6.45, 7) is 0.756. The molecule has 36 heavy (non-hydrogen) atoms. The average Bonchev–Trinajstić information content (AvgIpc) is 3.46. The molecule has 0 aliphatic heterocycles. The van der Waals surface area contributed by atoms with Crippen molar-refractivity contribution >= 4 is 11.3 Å². The predicted molar refractivity (Wildman–Crippen MR) is 126 cm³/mol. The predicted octanol–water partition coefficient (Wildman–Crippen LogP) is 5.01. The Kier molecular flexibility index (Phi) is 6.54. The lowest BCUT2D eigenvalue weighted by atomic mass is 10.1. The second-order valence-corrected chi connectivity index (χ2v) is 9.30. The monoisotopic (exact) mass is 518 g/mol. The van der Waals surface area contributed by atoms with Crippen molar-refractivity contribution in [1.82, 2.24) is 20.4 Å². The summed E-state index contributed by atoms with van der Waals surface area (Å²) in [6.07, 6.45) is -2.16. The van der Waals surface area contributed by atoms with Crippen LogP contribution in [0.25, 0.3) is 22.0 Å². The lowest BCUT2D eigenvalue weighted by Gasteiger charge is -2.10. The first-order valence-electron chi connectivity index (χ1n) is 11.1. The zero-order valence-corrected chi connectivity index (χ0v) is 19.8. The summed E-state index contributed by atoms with van der Waals surface area (Å²) in [6, 6.07) is 10.5. The maximum atomic E-state index is 12.9. The van der Waals surface area contributed by atoms with Crippen LogP contribution in [0.1, 0.15) is 29.0 Å². The van der Waals surface area contributed by atoms with E-state index in [9.17, 15) is 18.0 Å². The lowest BCUT2D eigenvalue weighted by molar-refractivity contribution is -0.137. The summed E-state index contributed by atoms with van der Waals surface area (Å²) in [4.78, 5) is 19.3. The van der Waals surface area contributed by atoms with E-state index in [-0.39, 0.29) is 12.4 Å². The van der Waals surface area contributed by atoms with Crippen LogP contribution < -0.4 is 20.5 Å². The van der Waals surface area contributed by atoms with Crippen LogP contribution >= 0.6 is 11.3 Å². The summed E-state index contributed by atoms with van der Waals surface area (Å²) in [5, 5.41) is 7.73. The van der Waals surface area contributed by atoms with Gasteiger partial charge < -0.3 is 14.8 Å². The molecule has 8 nitrogen and oxygen atoms in total. The molecular weight excluding hydrogens is 497 g/mol. The average molecular weight is 519 g/mol. The third-order valence-corrected chi connectivity index (χ3v) is 6.73. The van der Waals surface area contributed by atoms with E-state index in [4.69, 9.17) is 14.5 Å². The first-order chi connectivity index (χ1) is 17.3. The fourth-order valence-corrected chi connectivity index (χ4v) is 4.54. The van der Waals surface area contributed by atoms with E-state index >= 15 is 0 Å². The molecule has 0 amide bonds. The van der Waals surface area contributed by atoms with Crippen molar-refractivity contribution in [3.05, 3.63) is 69.1 Å². The maximum Gasteiger partial charge on any atom is 0.439 e. The molecule has 1 aliphatic rings. The number of methoxy groups -OCH3 is 1. The molecule has 2 heterocycles. The standard InChI is InChI=1S/C24H21F3N4O4S/c1-33-19-10-16(8-9-17(19)21-30-23(32)35-31-21)34-12-20-18(11-28-15-6-7-15)29-22(36-20)13-2-4-14(5-3-13)24(25,26)27/h2-5,8-10,15,28H,6-7,11-12H2,1H3,(H,30,31,32). The largest absolute Gasteiger partial charge is 0.496 e. The quantitative estimate of drug-likeness (QED) is 0.321. The topological polar surface area (TPSA) is 102 Å². The highest BCUT2D eigenvalue weighted by atomic mass is 32.1. The minimum Gasteiger partial charge on any atom is -0.496 e. The van der Waals surface area contributed by atoms with Gasteiger partial charge in [-0.05, 0) is 37.1 Å². The van der Waals surface area contributed by atoms with Crippen LogP contribution in [0.5, 0.6) is 11.5 Å². The molecule has 188 valence electrons. The van der Waals surface area contributed by atoms with Gasteiger partial charge in [0.15, 0.2) is 5.82 Å².